The Morgan fingerprint density at radius 2 is 1.52 bits per heavy atom. The zero-order valence-electron chi connectivity index (χ0n) is 13.6. The van der Waals surface area contributed by atoms with E-state index in [1.165, 1.54) is 11.2 Å². The fourth-order valence-electron chi connectivity index (χ4n) is 1.71. The van der Waals surface area contributed by atoms with Gasteiger partial charge in [-0.25, -0.2) is 0 Å². The summed E-state index contributed by atoms with van der Waals surface area (Å²) in [6.07, 6.45) is -0.723. The zero-order valence-corrected chi connectivity index (χ0v) is 16.4. The van der Waals surface area contributed by atoms with Gasteiger partial charge in [0.15, 0.2) is 0 Å². The van der Waals surface area contributed by atoms with E-state index in [0.717, 1.165) is 6.42 Å². The number of hydrogen-bond acceptors (Lipinski definition) is 7. The van der Waals surface area contributed by atoms with Crippen molar-refractivity contribution in [1.29, 1.82) is 0 Å². The highest BCUT2D eigenvalue weighted by Gasteiger charge is 2.50. The van der Waals surface area contributed by atoms with Crippen molar-refractivity contribution in [2.45, 2.75) is 46.3 Å². The van der Waals surface area contributed by atoms with E-state index >= 15 is 0 Å². The van der Waals surface area contributed by atoms with Gasteiger partial charge in [-0.05, 0) is 20.8 Å². The van der Waals surface area contributed by atoms with Gasteiger partial charge in [-0.15, -0.1) is 0 Å². The summed E-state index contributed by atoms with van der Waals surface area (Å²) in [4.78, 5) is 0. The van der Waals surface area contributed by atoms with E-state index in [9.17, 15) is 0 Å². The van der Waals surface area contributed by atoms with Crippen molar-refractivity contribution in [1.82, 2.24) is 0 Å². The predicted molar refractivity (Wildman–Crippen MR) is 85.9 cm³/mol. The Balaban J connectivity index is 5.22. The average molecular weight is 356 g/mol. The van der Waals surface area contributed by atoms with Gasteiger partial charge in [0.2, 0.25) is 0 Å². The molecule has 0 heterocycles. The largest absolute Gasteiger partial charge is 0.507 e. The third-order valence-electron chi connectivity index (χ3n) is 2.45. The van der Waals surface area contributed by atoms with Crippen LogP contribution in [0.5, 0.6) is 0 Å². The van der Waals surface area contributed by atoms with Gasteiger partial charge < -0.3 is 23.1 Å². The molecular weight excluding hydrogens is 328 g/mol. The minimum Gasteiger partial charge on any atom is -0.377 e. The Morgan fingerprint density at radius 1 is 1.00 bits per heavy atom. The molecule has 3 radical (unpaired) electrons. The summed E-state index contributed by atoms with van der Waals surface area (Å²) in [5.41, 5.74) is 0. The second-order valence-electron chi connectivity index (χ2n) is 3.94. The molecule has 0 saturated heterocycles. The van der Waals surface area contributed by atoms with Gasteiger partial charge in [0.1, 0.15) is 9.39 Å². The SMILES string of the molecule is CCC[Si](OC)(OCS[Si])OC(OCC)(OCC)OCC. The van der Waals surface area contributed by atoms with E-state index in [1.54, 1.807) is 7.11 Å². The van der Waals surface area contributed by atoms with Crippen molar-refractivity contribution in [3.8, 4) is 0 Å². The van der Waals surface area contributed by atoms with Gasteiger partial charge >= 0.3 is 15.0 Å². The van der Waals surface area contributed by atoms with Crippen LogP contribution in [-0.4, -0.2) is 57.2 Å². The molecule has 0 aliphatic rings. The van der Waals surface area contributed by atoms with Crippen LogP contribution < -0.4 is 0 Å². The predicted octanol–water partition coefficient (Wildman–Crippen LogP) is 2.51. The summed E-state index contributed by atoms with van der Waals surface area (Å²) in [6.45, 7) is 8.73. The standard InChI is InChI=1S/C12H27O6SSi2/c1-6-10-21(13-5,17-11-19-20)18-12(14-7-2,15-8-3)16-9-4/h6-11H2,1-5H3. The fraction of sp³-hybridized carbons (Fsp3) is 1.00. The molecular formula is C12H27O6SSi2. The molecule has 6 nitrogen and oxygen atoms in total. The van der Waals surface area contributed by atoms with E-state index in [0.29, 0.717) is 31.8 Å². The zero-order chi connectivity index (χ0) is 16.2. The van der Waals surface area contributed by atoms with Crippen LogP contribution in [0.1, 0.15) is 34.1 Å². The molecule has 0 aliphatic carbocycles. The molecule has 0 bridgehead atoms. The minimum atomic E-state index is -2.96. The quantitative estimate of drug-likeness (QED) is 0.350. The molecule has 0 fully saturated rings. The van der Waals surface area contributed by atoms with Crippen molar-refractivity contribution >= 4 is 29.4 Å². The molecule has 0 amide bonds. The molecule has 0 aromatic carbocycles. The third kappa shape index (κ3) is 7.57. The van der Waals surface area contributed by atoms with E-state index < -0.39 is 15.0 Å². The maximum atomic E-state index is 6.03. The van der Waals surface area contributed by atoms with Crippen molar-refractivity contribution < 1.29 is 27.5 Å². The number of rotatable bonds is 14. The molecule has 21 heavy (non-hydrogen) atoms. The van der Waals surface area contributed by atoms with E-state index in [-0.39, 0.29) is 0 Å². The van der Waals surface area contributed by atoms with Crippen LogP contribution in [0.15, 0.2) is 0 Å². The van der Waals surface area contributed by atoms with Gasteiger partial charge in [0.25, 0.3) is 0 Å². The molecule has 0 rings (SSSR count). The lowest BCUT2D eigenvalue weighted by Crippen LogP contribution is -2.56. The smallest absolute Gasteiger partial charge is 0.377 e. The van der Waals surface area contributed by atoms with E-state index in [4.69, 9.17) is 27.5 Å². The van der Waals surface area contributed by atoms with Crippen molar-refractivity contribution in [3.63, 3.8) is 0 Å². The number of hydrogen-bond donors (Lipinski definition) is 0. The lowest BCUT2D eigenvalue weighted by Gasteiger charge is -2.38. The molecule has 0 spiro atoms. The maximum Gasteiger partial charge on any atom is 0.507 e. The molecule has 1 atom stereocenters. The molecule has 125 valence electrons. The summed E-state index contributed by atoms with van der Waals surface area (Å²) in [5.74, 6) is 0.400. The molecule has 0 aromatic rings. The average Bonchev–Trinajstić information content (AvgIpc) is 2.46. The van der Waals surface area contributed by atoms with Crippen LogP contribution in [0.25, 0.3) is 0 Å². The Kier molecular flexibility index (Phi) is 12.3. The fourth-order valence-corrected chi connectivity index (χ4v) is 5.08. The highest BCUT2D eigenvalue weighted by Crippen LogP contribution is 2.28. The van der Waals surface area contributed by atoms with Gasteiger partial charge in [0, 0.05) is 13.2 Å². The molecule has 1 unspecified atom stereocenters. The van der Waals surface area contributed by atoms with Crippen LogP contribution in [0.3, 0.4) is 0 Å². The van der Waals surface area contributed by atoms with E-state index in [1.807, 2.05) is 27.7 Å². The first-order valence-electron chi connectivity index (χ1n) is 7.17. The third-order valence-corrected chi connectivity index (χ3v) is 6.13. The van der Waals surface area contributed by atoms with E-state index in [2.05, 4.69) is 9.39 Å². The molecule has 0 N–H and O–H groups in total. The summed E-state index contributed by atoms with van der Waals surface area (Å²) in [5, 5.41) is 0. The second kappa shape index (κ2) is 12.0. The Labute approximate surface area is 136 Å². The van der Waals surface area contributed by atoms with Crippen LogP contribution in [0.2, 0.25) is 6.04 Å². The van der Waals surface area contributed by atoms with Crippen LogP contribution in [-0.2, 0) is 27.5 Å². The highest BCUT2D eigenvalue weighted by atomic mass is 32.4. The summed E-state index contributed by atoms with van der Waals surface area (Å²) in [7, 11) is 1.93. The summed E-state index contributed by atoms with van der Waals surface area (Å²) in [6, 6.07) is 0.644. The van der Waals surface area contributed by atoms with Crippen LogP contribution >= 0.6 is 11.2 Å². The summed E-state index contributed by atoms with van der Waals surface area (Å²) < 4.78 is 34.2. The molecule has 0 aromatic heterocycles. The Hall–Kier alpha value is 0.544. The Bertz CT molecular complexity index is 245. The molecule has 9 heteroatoms. The lowest BCUT2D eigenvalue weighted by atomic mass is 10.6. The lowest BCUT2D eigenvalue weighted by molar-refractivity contribution is -0.478. The molecule has 0 aliphatic heterocycles. The van der Waals surface area contributed by atoms with Gasteiger partial charge in [0.05, 0.1) is 25.8 Å². The van der Waals surface area contributed by atoms with Crippen molar-refractivity contribution in [3.05, 3.63) is 0 Å². The summed E-state index contributed by atoms with van der Waals surface area (Å²) >= 11 is 1.37. The second-order valence-corrected chi connectivity index (χ2v) is 8.10. The van der Waals surface area contributed by atoms with Crippen molar-refractivity contribution in [2.24, 2.45) is 0 Å². The monoisotopic (exact) mass is 355 g/mol. The van der Waals surface area contributed by atoms with Crippen LogP contribution in [0, 0.1) is 0 Å². The highest BCUT2D eigenvalue weighted by molar-refractivity contribution is 8.19. The van der Waals surface area contributed by atoms with Gasteiger partial charge in [-0.3, -0.25) is 4.43 Å². The Morgan fingerprint density at radius 3 is 1.86 bits per heavy atom. The van der Waals surface area contributed by atoms with Gasteiger partial charge in [-0.1, -0.05) is 13.3 Å². The first kappa shape index (κ1) is 21.5. The first-order valence-corrected chi connectivity index (χ1v) is 11.3. The minimum absolute atomic E-state index is 0.382. The maximum absolute atomic E-state index is 6.03. The normalized spacial score (nSPS) is 15.1. The van der Waals surface area contributed by atoms with Crippen molar-refractivity contribution in [2.75, 3.05) is 32.9 Å². The topological polar surface area (TPSA) is 55.4 Å². The molecule has 0 saturated carbocycles. The first-order chi connectivity index (χ1) is 10.1. The van der Waals surface area contributed by atoms with Crippen LogP contribution in [0.4, 0.5) is 0 Å². The number of ether oxygens (including phenoxy) is 3. The van der Waals surface area contributed by atoms with Gasteiger partial charge in [-0.2, -0.15) is 11.2 Å².